The Morgan fingerprint density at radius 1 is 1.43 bits per heavy atom. The van der Waals surface area contributed by atoms with E-state index in [1.807, 2.05) is 0 Å². The molecule has 1 aromatic heterocycles. The first-order valence-corrected chi connectivity index (χ1v) is 6.08. The molecule has 1 aromatic carbocycles. The number of hydrogen-bond donors (Lipinski definition) is 2. The van der Waals surface area contributed by atoms with Crippen LogP contribution in [0.2, 0.25) is 5.02 Å². The van der Waals surface area contributed by atoms with Gasteiger partial charge in [0.05, 0.1) is 21.7 Å². The summed E-state index contributed by atoms with van der Waals surface area (Å²) in [6, 6.07) is 6.23. The maximum atomic E-state index is 13.6. The number of nitro groups is 1. The molecule has 0 aliphatic carbocycles. The lowest BCUT2D eigenvalue weighted by molar-refractivity contribution is -0.385. The van der Waals surface area contributed by atoms with Gasteiger partial charge in [0, 0.05) is 6.07 Å². The maximum Gasteiger partial charge on any atom is 0.272 e. The van der Waals surface area contributed by atoms with Crippen molar-refractivity contribution < 1.29 is 14.1 Å². The number of nitro benzene ring substituents is 1. The molecule has 0 atom stereocenters. The van der Waals surface area contributed by atoms with Crippen molar-refractivity contribution in [2.75, 3.05) is 5.43 Å². The van der Waals surface area contributed by atoms with Crippen molar-refractivity contribution in [1.29, 1.82) is 0 Å². The van der Waals surface area contributed by atoms with Crippen molar-refractivity contribution in [3.05, 3.63) is 57.0 Å². The van der Waals surface area contributed by atoms with Crippen LogP contribution in [0, 0.1) is 15.9 Å². The monoisotopic (exact) mass is 312 g/mol. The molecule has 0 fully saturated rings. The van der Waals surface area contributed by atoms with Gasteiger partial charge in [-0.1, -0.05) is 11.6 Å². The largest absolute Gasteiger partial charge is 0.484 e. The highest BCUT2D eigenvalue weighted by atomic mass is 35.5. The lowest BCUT2D eigenvalue weighted by Gasteiger charge is -2.09. The number of anilines is 1. The number of rotatable bonds is 5. The molecule has 7 nitrogen and oxygen atoms in total. The van der Waals surface area contributed by atoms with Gasteiger partial charge in [0.15, 0.2) is 11.6 Å². The Morgan fingerprint density at radius 2 is 2.19 bits per heavy atom. The molecule has 3 N–H and O–H groups in total. The minimum Gasteiger partial charge on any atom is -0.484 e. The second-order valence-electron chi connectivity index (χ2n) is 3.93. The lowest BCUT2D eigenvalue weighted by Crippen LogP contribution is -2.10. The summed E-state index contributed by atoms with van der Waals surface area (Å²) < 4.78 is 18.9. The number of pyridine rings is 1. The number of nitrogens with two attached hydrogens (primary N) is 1. The summed E-state index contributed by atoms with van der Waals surface area (Å²) >= 11 is 5.93. The fourth-order valence-corrected chi connectivity index (χ4v) is 1.69. The molecule has 0 unspecified atom stereocenters. The molecule has 21 heavy (non-hydrogen) atoms. The maximum absolute atomic E-state index is 13.6. The fourth-order valence-electron chi connectivity index (χ4n) is 1.53. The summed E-state index contributed by atoms with van der Waals surface area (Å²) in [5, 5.41) is 10.8. The number of halogens is 2. The van der Waals surface area contributed by atoms with Crippen molar-refractivity contribution in [2.45, 2.75) is 6.61 Å². The van der Waals surface area contributed by atoms with Gasteiger partial charge in [0.1, 0.15) is 12.4 Å². The Balaban J connectivity index is 2.15. The van der Waals surface area contributed by atoms with Gasteiger partial charge in [-0.2, -0.15) is 0 Å². The summed E-state index contributed by atoms with van der Waals surface area (Å²) in [6.45, 7) is -0.108. The Labute approximate surface area is 123 Å². The predicted molar refractivity (Wildman–Crippen MR) is 74.4 cm³/mol. The van der Waals surface area contributed by atoms with Crippen LogP contribution in [0.3, 0.4) is 0 Å². The quantitative estimate of drug-likeness (QED) is 0.500. The van der Waals surface area contributed by atoms with Crippen LogP contribution in [0.4, 0.5) is 15.9 Å². The standard InChI is InChI=1S/C12H10ClFN4O3/c13-8-2-4-12(17-15)16-10(8)6-21-11-3-1-7(18(19)20)5-9(11)14/h1-5H,6,15H2,(H,16,17). The highest BCUT2D eigenvalue weighted by Gasteiger charge is 2.12. The molecule has 110 valence electrons. The molecular weight excluding hydrogens is 303 g/mol. The number of hydrogen-bond acceptors (Lipinski definition) is 6. The van der Waals surface area contributed by atoms with Gasteiger partial charge in [-0.3, -0.25) is 10.1 Å². The average Bonchev–Trinajstić information content (AvgIpc) is 2.47. The molecule has 0 saturated carbocycles. The Kier molecular flexibility index (Phi) is 4.51. The molecule has 9 heteroatoms. The van der Waals surface area contributed by atoms with E-state index in [9.17, 15) is 14.5 Å². The summed E-state index contributed by atoms with van der Waals surface area (Å²) in [5.41, 5.74) is 2.35. The zero-order valence-corrected chi connectivity index (χ0v) is 11.3. The molecule has 0 amide bonds. The number of benzene rings is 1. The minimum absolute atomic E-state index is 0.108. The second-order valence-corrected chi connectivity index (χ2v) is 4.34. The summed E-state index contributed by atoms with van der Waals surface area (Å²) in [7, 11) is 0. The summed E-state index contributed by atoms with van der Waals surface area (Å²) in [5.74, 6) is 4.63. The number of ether oxygens (including phenoxy) is 1. The molecule has 0 aliphatic rings. The molecule has 0 radical (unpaired) electrons. The van der Waals surface area contributed by atoms with E-state index >= 15 is 0 Å². The Hall–Kier alpha value is -2.45. The molecule has 0 spiro atoms. The van der Waals surface area contributed by atoms with Crippen LogP contribution in [0.1, 0.15) is 5.69 Å². The second kappa shape index (κ2) is 6.33. The first kappa shape index (κ1) is 14.9. The number of non-ortho nitro benzene ring substituents is 1. The number of nitrogen functional groups attached to an aromatic ring is 1. The van der Waals surface area contributed by atoms with Crippen LogP contribution in [-0.4, -0.2) is 9.91 Å². The van der Waals surface area contributed by atoms with E-state index in [4.69, 9.17) is 22.2 Å². The van der Waals surface area contributed by atoms with E-state index in [1.54, 1.807) is 12.1 Å². The smallest absolute Gasteiger partial charge is 0.272 e. The number of nitrogens with one attached hydrogen (secondary N) is 1. The fraction of sp³-hybridized carbons (Fsp3) is 0.0833. The van der Waals surface area contributed by atoms with E-state index < -0.39 is 10.7 Å². The van der Waals surface area contributed by atoms with Gasteiger partial charge < -0.3 is 10.2 Å². The van der Waals surface area contributed by atoms with Crippen LogP contribution in [-0.2, 0) is 6.61 Å². The molecule has 0 saturated heterocycles. The highest BCUT2D eigenvalue weighted by Crippen LogP contribution is 2.24. The van der Waals surface area contributed by atoms with Crippen molar-refractivity contribution >= 4 is 23.1 Å². The van der Waals surface area contributed by atoms with E-state index in [0.717, 1.165) is 12.1 Å². The van der Waals surface area contributed by atoms with E-state index in [2.05, 4.69) is 10.4 Å². The first-order chi connectivity index (χ1) is 10.0. The van der Waals surface area contributed by atoms with Crippen molar-refractivity contribution in [3.8, 4) is 5.75 Å². The van der Waals surface area contributed by atoms with Crippen LogP contribution < -0.4 is 16.0 Å². The van der Waals surface area contributed by atoms with Crippen LogP contribution in [0.15, 0.2) is 30.3 Å². The van der Waals surface area contributed by atoms with E-state index in [0.29, 0.717) is 16.5 Å². The summed E-state index contributed by atoms with van der Waals surface area (Å²) in [4.78, 5) is 13.9. The van der Waals surface area contributed by atoms with Crippen LogP contribution in [0.5, 0.6) is 5.75 Å². The van der Waals surface area contributed by atoms with Crippen molar-refractivity contribution in [2.24, 2.45) is 5.84 Å². The number of aromatic nitrogens is 1. The summed E-state index contributed by atoms with van der Waals surface area (Å²) in [6.07, 6.45) is 0. The average molecular weight is 313 g/mol. The van der Waals surface area contributed by atoms with E-state index in [1.165, 1.54) is 6.07 Å². The third-order valence-electron chi connectivity index (χ3n) is 2.56. The van der Waals surface area contributed by atoms with Gasteiger partial charge in [-0.05, 0) is 18.2 Å². The third-order valence-corrected chi connectivity index (χ3v) is 2.90. The van der Waals surface area contributed by atoms with Gasteiger partial charge in [-0.15, -0.1) is 0 Å². The molecule has 1 heterocycles. The molecule has 2 rings (SSSR count). The molecule has 0 bridgehead atoms. The number of hydrazine groups is 1. The van der Waals surface area contributed by atoms with E-state index in [-0.39, 0.29) is 18.0 Å². The number of nitrogens with zero attached hydrogens (tertiary/aromatic N) is 2. The molecular formula is C12H10ClFN4O3. The predicted octanol–water partition coefficient (Wildman–Crippen LogP) is 2.65. The first-order valence-electron chi connectivity index (χ1n) is 5.70. The lowest BCUT2D eigenvalue weighted by atomic mass is 10.3. The topological polar surface area (TPSA) is 103 Å². The van der Waals surface area contributed by atoms with Gasteiger partial charge in [-0.25, -0.2) is 15.2 Å². The van der Waals surface area contributed by atoms with Gasteiger partial charge in [0.2, 0.25) is 0 Å². The van der Waals surface area contributed by atoms with Gasteiger partial charge in [0.25, 0.3) is 5.69 Å². The molecule has 0 aliphatic heterocycles. The Bertz CT molecular complexity index is 684. The Morgan fingerprint density at radius 3 is 2.81 bits per heavy atom. The SMILES string of the molecule is NNc1ccc(Cl)c(COc2ccc([N+](=O)[O-])cc2F)n1. The minimum atomic E-state index is -0.839. The zero-order chi connectivity index (χ0) is 15.4. The third kappa shape index (κ3) is 3.56. The van der Waals surface area contributed by atoms with Crippen molar-refractivity contribution in [1.82, 2.24) is 4.98 Å². The van der Waals surface area contributed by atoms with Crippen LogP contribution in [0.25, 0.3) is 0 Å². The van der Waals surface area contributed by atoms with Crippen LogP contribution >= 0.6 is 11.6 Å². The van der Waals surface area contributed by atoms with Crippen molar-refractivity contribution in [3.63, 3.8) is 0 Å². The zero-order valence-electron chi connectivity index (χ0n) is 10.5. The normalized spacial score (nSPS) is 10.2. The highest BCUT2D eigenvalue weighted by molar-refractivity contribution is 6.31. The molecule has 2 aromatic rings. The van der Waals surface area contributed by atoms with Gasteiger partial charge >= 0.3 is 0 Å².